The quantitative estimate of drug-likeness (QED) is 0.817. The van der Waals surface area contributed by atoms with E-state index in [1.54, 1.807) is 0 Å². The highest BCUT2D eigenvalue weighted by molar-refractivity contribution is 5.76. The Morgan fingerprint density at radius 1 is 1.43 bits per heavy atom. The van der Waals surface area contributed by atoms with Gasteiger partial charge in [0.15, 0.2) is 0 Å². The summed E-state index contributed by atoms with van der Waals surface area (Å²) in [6.07, 6.45) is 3.79. The Morgan fingerprint density at radius 3 is 2.78 bits per heavy atom. The molecule has 0 bridgehead atoms. The summed E-state index contributed by atoms with van der Waals surface area (Å²) in [6, 6.07) is 12.1. The first-order valence-corrected chi connectivity index (χ1v) is 7.80. The highest BCUT2D eigenvalue weighted by atomic mass is 16.2. The van der Waals surface area contributed by atoms with E-state index in [-0.39, 0.29) is 24.3 Å². The molecule has 0 aliphatic heterocycles. The van der Waals surface area contributed by atoms with Crippen LogP contribution in [0.25, 0.3) is 0 Å². The SMILES string of the molecule is C[C@H](C1CC1)N(Cc1ccccc1)C(=O)Cn1cnc(C#N)n1. The molecule has 118 valence electrons. The second-order valence-corrected chi connectivity index (χ2v) is 5.96. The van der Waals surface area contributed by atoms with Crippen molar-refractivity contribution in [3.8, 4) is 6.07 Å². The fourth-order valence-corrected chi connectivity index (χ4v) is 2.72. The van der Waals surface area contributed by atoms with E-state index in [0.717, 1.165) is 5.56 Å². The highest BCUT2D eigenvalue weighted by Gasteiger charge is 2.34. The molecule has 1 aromatic carbocycles. The van der Waals surface area contributed by atoms with Gasteiger partial charge in [-0.3, -0.25) is 4.79 Å². The van der Waals surface area contributed by atoms with Crippen LogP contribution in [-0.2, 0) is 17.9 Å². The number of hydrogen-bond acceptors (Lipinski definition) is 4. The fourth-order valence-electron chi connectivity index (χ4n) is 2.72. The van der Waals surface area contributed by atoms with Crippen molar-refractivity contribution in [3.05, 3.63) is 48.0 Å². The average Bonchev–Trinajstić information content (AvgIpc) is 3.33. The van der Waals surface area contributed by atoms with Crippen LogP contribution in [0.15, 0.2) is 36.7 Å². The predicted molar refractivity (Wildman–Crippen MR) is 83.9 cm³/mol. The first-order valence-electron chi connectivity index (χ1n) is 7.80. The maximum Gasteiger partial charge on any atom is 0.252 e. The minimum absolute atomic E-state index is 0.00245. The van der Waals surface area contributed by atoms with Crippen LogP contribution < -0.4 is 0 Å². The summed E-state index contributed by atoms with van der Waals surface area (Å²) in [5.41, 5.74) is 1.12. The molecule has 1 aromatic heterocycles. The van der Waals surface area contributed by atoms with Gasteiger partial charge >= 0.3 is 0 Å². The number of hydrogen-bond donors (Lipinski definition) is 0. The normalized spacial score (nSPS) is 15.0. The van der Waals surface area contributed by atoms with E-state index in [1.165, 1.54) is 23.9 Å². The zero-order valence-electron chi connectivity index (χ0n) is 13.1. The molecule has 1 heterocycles. The molecule has 0 unspecified atom stereocenters. The van der Waals surface area contributed by atoms with Crippen LogP contribution in [0.5, 0.6) is 0 Å². The molecule has 1 fully saturated rings. The number of rotatable bonds is 6. The van der Waals surface area contributed by atoms with Crippen LogP contribution in [-0.4, -0.2) is 31.6 Å². The molecule has 0 saturated heterocycles. The van der Waals surface area contributed by atoms with Gasteiger partial charge in [-0.15, -0.1) is 5.10 Å². The second kappa shape index (κ2) is 6.61. The summed E-state index contributed by atoms with van der Waals surface area (Å²) in [5.74, 6) is 0.679. The van der Waals surface area contributed by atoms with Gasteiger partial charge in [-0.1, -0.05) is 30.3 Å². The summed E-state index contributed by atoms with van der Waals surface area (Å²) in [6.45, 7) is 2.82. The highest BCUT2D eigenvalue weighted by Crippen LogP contribution is 2.35. The Kier molecular flexibility index (Phi) is 4.38. The number of carbonyl (C=O) groups is 1. The molecule has 6 heteroatoms. The lowest BCUT2D eigenvalue weighted by atomic mass is 10.1. The summed E-state index contributed by atoms with van der Waals surface area (Å²) < 4.78 is 1.43. The maximum absolute atomic E-state index is 12.7. The van der Waals surface area contributed by atoms with Crippen molar-refractivity contribution >= 4 is 5.91 Å². The summed E-state index contributed by atoms with van der Waals surface area (Å²) in [5, 5.41) is 12.7. The molecule has 2 aromatic rings. The monoisotopic (exact) mass is 309 g/mol. The van der Waals surface area contributed by atoms with E-state index in [9.17, 15) is 4.79 Å². The van der Waals surface area contributed by atoms with E-state index in [1.807, 2.05) is 41.3 Å². The van der Waals surface area contributed by atoms with Crippen LogP contribution in [0.3, 0.4) is 0 Å². The molecule has 1 atom stereocenters. The van der Waals surface area contributed by atoms with E-state index in [4.69, 9.17) is 5.26 Å². The predicted octanol–water partition coefficient (Wildman–Crippen LogP) is 1.98. The van der Waals surface area contributed by atoms with Crippen LogP contribution in [0.1, 0.15) is 31.2 Å². The summed E-state index contributed by atoms with van der Waals surface area (Å²) in [4.78, 5) is 18.5. The molecule has 0 spiro atoms. The van der Waals surface area contributed by atoms with E-state index in [2.05, 4.69) is 17.0 Å². The number of nitrogens with zero attached hydrogens (tertiary/aromatic N) is 5. The lowest BCUT2D eigenvalue weighted by Gasteiger charge is -2.29. The van der Waals surface area contributed by atoms with Crippen molar-refractivity contribution in [2.75, 3.05) is 0 Å². The van der Waals surface area contributed by atoms with Gasteiger partial charge in [0.25, 0.3) is 5.82 Å². The second-order valence-electron chi connectivity index (χ2n) is 5.96. The van der Waals surface area contributed by atoms with Gasteiger partial charge in [0, 0.05) is 12.6 Å². The topological polar surface area (TPSA) is 74.8 Å². The average molecular weight is 309 g/mol. The van der Waals surface area contributed by atoms with Crippen molar-refractivity contribution in [2.45, 2.75) is 38.9 Å². The lowest BCUT2D eigenvalue weighted by Crippen LogP contribution is -2.41. The van der Waals surface area contributed by atoms with E-state index >= 15 is 0 Å². The number of benzene rings is 1. The minimum Gasteiger partial charge on any atom is -0.334 e. The van der Waals surface area contributed by atoms with Crippen LogP contribution >= 0.6 is 0 Å². The first-order chi connectivity index (χ1) is 11.2. The molecule has 3 rings (SSSR count). The molecule has 1 saturated carbocycles. The molecule has 0 N–H and O–H groups in total. The Morgan fingerprint density at radius 2 is 2.17 bits per heavy atom. The van der Waals surface area contributed by atoms with Crippen LogP contribution in [0.4, 0.5) is 0 Å². The standard InChI is InChI=1S/C17H19N5O/c1-13(15-7-8-15)22(10-14-5-3-2-4-6-14)17(23)11-21-12-19-16(9-18)20-21/h2-6,12-13,15H,7-8,10-11H2,1H3/t13-/m1/s1. The molecule has 1 aliphatic rings. The molecule has 0 radical (unpaired) electrons. The van der Waals surface area contributed by atoms with Crippen molar-refractivity contribution in [1.82, 2.24) is 19.7 Å². The Bertz CT molecular complexity index is 714. The zero-order valence-corrected chi connectivity index (χ0v) is 13.1. The van der Waals surface area contributed by atoms with E-state index < -0.39 is 0 Å². The number of amides is 1. The minimum atomic E-state index is 0.00245. The van der Waals surface area contributed by atoms with Gasteiger partial charge < -0.3 is 4.90 Å². The molecule has 23 heavy (non-hydrogen) atoms. The lowest BCUT2D eigenvalue weighted by molar-refractivity contribution is -0.135. The smallest absolute Gasteiger partial charge is 0.252 e. The molecule has 1 amide bonds. The third-order valence-corrected chi connectivity index (χ3v) is 4.25. The fraction of sp³-hybridized carbons (Fsp3) is 0.412. The van der Waals surface area contributed by atoms with Crippen molar-refractivity contribution < 1.29 is 4.79 Å². The molecule has 1 aliphatic carbocycles. The van der Waals surface area contributed by atoms with Crippen molar-refractivity contribution in [1.29, 1.82) is 5.26 Å². The maximum atomic E-state index is 12.7. The van der Waals surface area contributed by atoms with Gasteiger partial charge in [0.1, 0.15) is 18.9 Å². The third kappa shape index (κ3) is 3.75. The Balaban J connectivity index is 1.74. The van der Waals surface area contributed by atoms with Crippen molar-refractivity contribution in [2.24, 2.45) is 5.92 Å². The molecular formula is C17H19N5O. The number of aromatic nitrogens is 3. The third-order valence-electron chi connectivity index (χ3n) is 4.25. The van der Waals surface area contributed by atoms with Gasteiger partial charge in [0.05, 0.1) is 0 Å². The summed E-state index contributed by atoms with van der Waals surface area (Å²) in [7, 11) is 0. The van der Waals surface area contributed by atoms with Gasteiger partial charge in [-0.25, -0.2) is 9.67 Å². The van der Waals surface area contributed by atoms with Gasteiger partial charge in [0.2, 0.25) is 5.91 Å². The Hall–Kier alpha value is -2.68. The largest absolute Gasteiger partial charge is 0.334 e. The first kappa shape index (κ1) is 15.2. The van der Waals surface area contributed by atoms with Crippen LogP contribution in [0.2, 0.25) is 0 Å². The van der Waals surface area contributed by atoms with Gasteiger partial charge in [-0.05, 0) is 31.2 Å². The Labute approximate surface area is 135 Å². The van der Waals surface area contributed by atoms with Gasteiger partial charge in [-0.2, -0.15) is 5.26 Å². The number of nitriles is 1. The molecular weight excluding hydrogens is 290 g/mol. The summed E-state index contributed by atoms with van der Waals surface area (Å²) >= 11 is 0. The van der Waals surface area contributed by atoms with E-state index in [0.29, 0.717) is 12.5 Å². The van der Waals surface area contributed by atoms with Crippen LogP contribution in [0, 0.1) is 17.2 Å². The van der Waals surface area contributed by atoms with Crippen molar-refractivity contribution in [3.63, 3.8) is 0 Å². The number of carbonyl (C=O) groups excluding carboxylic acids is 1. The zero-order chi connectivity index (χ0) is 16.2. The molecule has 6 nitrogen and oxygen atoms in total.